The van der Waals surface area contributed by atoms with E-state index < -0.39 is 6.04 Å². The van der Waals surface area contributed by atoms with Gasteiger partial charge in [-0.25, -0.2) is 4.79 Å². The van der Waals surface area contributed by atoms with E-state index in [1.54, 1.807) is 0 Å². The van der Waals surface area contributed by atoms with E-state index in [-0.39, 0.29) is 23.5 Å². The van der Waals surface area contributed by atoms with Crippen molar-refractivity contribution in [3.8, 4) is 0 Å². The molecule has 0 spiro atoms. The SMILES string of the molecule is CC[C@H](C)[C@@H](NC(=O)CSc1cc(C)ccc1C)C(=O)OC. The van der Waals surface area contributed by atoms with Crippen molar-refractivity contribution in [2.45, 2.75) is 45.1 Å². The van der Waals surface area contributed by atoms with Crippen LogP contribution in [0.5, 0.6) is 0 Å². The van der Waals surface area contributed by atoms with Crippen molar-refractivity contribution >= 4 is 23.6 Å². The van der Waals surface area contributed by atoms with Crippen LogP contribution in [0.2, 0.25) is 0 Å². The number of methoxy groups -OCH3 is 1. The molecular formula is C17H25NO3S. The normalized spacial score (nSPS) is 13.3. The molecule has 0 saturated carbocycles. The molecule has 0 unspecified atom stereocenters. The van der Waals surface area contributed by atoms with E-state index in [4.69, 9.17) is 4.74 Å². The lowest BCUT2D eigenvalue weighted by molar-refractivity contribution is -0.146. The van der Waals surface area contributed by atoms with Crippen molar-refractivity contribution < 1.29 is 14.3 Å². The summed E-state index contributed by atoms with van der Waals surface area (Å²) >= 11 is 1.49. The molecule has 0 radical (unpaired) electrons. The molecule has 5 heteroatoms. The summed E-state index contributed by atoms with van der Waals surface area (Å²) in [5.41, 5.74) is 2.32. The molecule has 0 aliphatic carbocycles. The van der Waals surface area contributed by atoms with Crippen LogP contribution in [0, 0.1) is 19.8 Å². The standard InChI is InChI=1S/C17H25NO3S/c1-6-12(3)16(17(20)21-5)18-15(19)10-22-14-9-11(2)7-8-13(14)4/h7-9,12,16H,6,10H2,1-5H3,(H,18,19)/t12-,16+/m0/s1. The summed E-state index contributed by atoms with van der Waals surface area (Å²) in [4.78, 5) is 25.0. The molecule has 0 heterocycles. The van der Waals surface area contributed by atoms with Crippen LogP contribution < -0.4 is 5.32 Å². The minimum absolute atomic E-state index is 0.0436. The average molecular weight is 323 g/mol. The second-order valence-corrected chi connectivity index (χ2v) is 6.53. The second kappa shape index (κ2) is 8.83. The van der Waals surface area contributed by atoms with E-state index in [1.807, 2.05) is 33.8 Å². The molecule has 0 bridgehead atoms. The lowest BCUT2D eigenvalue weighted by atomic mass is 9.99. The van der Waals surface area contributed by atoms with Gasteiger partial charge in [-0.3, -0.25) is 4.79 Å². The smallest absolute Gasteiger partial charge is 0.328 e. The maximum atomic E-state index is 12.1. The van der Waals surface area contributed by atoms with Gasteiger partial charge in [0.15, 0.2) is 0 Å². The predicted octanol–water partition coefficient (Wildman–Crippen LogP) is 3.10. The van der Waals surface area contributed by atoms with Crippen LogP contribution in [0.15, 0.2) is 23.1 Å². The van der Waals surface area contributed by atoms with Crippen molar-refractivity contribution in [2.24, 2.45) is 5.92 Å². The van der Waals surface area contributed by atoms with E-state index >= 15 is 0 Å². The summed E-state index contributed by atoms with van der Waals surface area (Å²) in [6.45, 7) is 7.97. The maximum absolute atomic E-state index is 12.1. The Morgan fingerprint density at radius 2 is 2.00 bits per heavy atom. The average Bonchev–Trinajstić information content (AvgIpc) is 2.51. The molecule has 4 nitrogen and oxygen atoms in total. The molecule has 122 valence electrons. The molecule has 1 aromatic rings. The van der Waals surface area contributed by atoms with E-state index in [0.29, 0.717) is 0 Å². The third-order valence-electron chi connectivity index (χ3n) is 3.69. The van der Waals surface area contributed by atoms with Crippen LogP contribution in [-0.2, 0) is 14.3 Å². The highest BCUT2D eigenvalue weighted by Gasteiger charge is 2.26. The molecule has 1 aromatic carbocycles. The number of hydrogen-bond acceptors (Lipinski definition) is 4. The Labute approximate surface area is 137 Å². The van der Waals surface area contributed by atoms with Gasteiger partial charge in [0.2, 0.25) is 5.91 Å². The van der Waals surface area contributed by atoms with E-state index in [0.717, 1.165) is 16.9 Å². The number of carbonyl (C=O) groups is 2. The minimum Gasteiger partial charge on any atom is -0.467 e. The lowest BCUT2D eigenvalue weighted by Crippen LogP contribution is -2.46. The molecule has 0 saturated heterocycles. The van der Waals surface area contributed by atoms with Crippen molar-refractivity contribution in [3.05, 3.63) is 29.3 Å². The molecule has 0 aromatic heterocycles. The minimum atomic E-state index is -0.582. The Morgan fingerprint density at radius 1 is 1.32 bits per heavy atom. The first-order valence-electron chi connectivity index (χ1n) is 7.46. The van der Waals surface area contributed by atoms with Gasteiger partial charge < -0.3 is 10.1 Å². The number of amides is 1. The zero-order valence-corrected chi connectivity index (χ0v) is 14.8. The number of aryl methyl sites for hydroxylation is 2. The van der Waals surface area contributed by atoms with Gasteiger partial charge in [0.05, 0.1) is 12.9 Å². The highest BCUT2D eigenvalue weighted by molar-refractivity contribution is 8.00. The maximum Gasteiger partial charge on any atom is 0.328 e. The summed E-state index contributed by atoms with van der Waals surface area (Å²) in [5, 5.41) is 2.79. The molecule has 0 aliphatic heterocycles. The number of esters is 1. The zero-order valence-electron chi connectivity index (χ0n) is 13.9. The summed E-state index contributed by atoms with van der Waals surface area (Å²) in [7, 11) is 1.34. The van der Waals surface area contributed by atoms with Gasteiger partial charge in [0, 0.05) is 4.90 Å². The largest absolute Gasteiger partial charge is 0.467 e. The summed E-state index contributed by atoms with van der Waals surface area (Å²) < 4.78 is 4.77. The van der Waals surface area contributed by atoms with Gasteiger partial charge >= 0.3 is 5.97 Å². The number of thioether (sulfide) groups is 1. The predicted molar refractivity (Wildman–Crippen MR) is 90.0 cm³/mol. The molecule has 1 rings (SSSR count). The van der Waals surface area contributed by atoms with Gasteiger partial charge in [-0.1, -0.05) is 38.0 Å². The number of carbonyl (C=O) groups excluding carboxylic acids is 2. The van der Waals surface area contributed by atoms with Crippen LogP contribution in [0.4, 0.5) is 0 Å². The van der Waals surface area contributed by atoms with Crippen LogP contribution in [-0.4, -0.2) is 30.8 Å². The first-order chi connectivity index (χ1) is 10.4. The van der Waals surface area contributed by atoms with Gasteiger partial charge in [0.25, 0.3) is 0 Å². The zero-order chi connectivity index (χ0) is 16.7. The Morgan fingerprint density at radius 3 is 2.59 bits per heavy atom. The van der Waals surface area contributed by atoms with Crippen LogP contribution in [0.3, 0.4) is 0 Å². The van der Waals surface area contributed by atoms with E-state index in [1.165, 1.54) is 24.4 Å². The van der Waals surface area contributed by atoms with Gasteiger partial charge in [-0.05, 0) is 31.4 Å². The molecule has 0 aliphatic rings. The summed E-state index contributed by atoms with van der Waals surface area (Å²) in [6.07, 6.45) is 0.796. The van der Waals surface area contributed by atoms with Crippen molar-refractivity contribution in [3.63, 3.8) is 0 Å². The molecule has 1 N–H and O–H groups in total. The molecular weight excluding hydrogens is 298 g/mol. The van der Waals surface area contributed by atoms with E-state index in [2.05, 4.69) is 17.4 Å². The Kier molecular flexibility index (Phi) is 7.45. The second-order valence-electron chi connectivity index (χ2n) is 5.51. The number of ether oxygens (including phenoxy) is 1. The fourth-order valence-corrected chi connectivity index (χ4v) is 2.95. The summed E-state index contributed by atoms with van der Waals surface area (Å²) in [6, 6.07) is 5.59. The first-order valence-corrected chi connectivity index (χ1v) is 8.44. The fraction of sp³-hybridized carbons (Fsp3) is 0.529. The number of hydrogen-bond donors (Lipinski definition) is 1. The molecule has 1 amide bonds. The highest BCUT2D eigenvalue weighted by Crippen LogP contribution is 2.23. The van der Waals surface area contributed by atoms with Crippen molar-refractivity contribution in [2.75, 3.05) is 12.9 Å². The molecule has 22 heavy (non-hydrogen) atoms. The molecule has 0 fully saturated rings. The van der Waals surface area contributed by atoms with E-state index in [9.17, 15) is 9.59 Å². The number of nitrogens with one attached hydrogen (secondary N) is 1. The fourth-order valence-electron chi connectivity index (χ4n) is 2.02. The number of benzene rings is 1. The Bertz CT molecular complexity index is 531. The van der Waals surface area contributed by atoms with Crippen molar-refractivity contribution in [1.82, 2.24) is 5.32 Å². The van der Waals surface area contributed by atoms with Crippen LogP contribution in [0.25, 0.3) is 0 Å². The van der Waals surface area contributed by atoms with Crippen molar-refractivity contribution in [1.29, 1.82) is 0 Å². The lowest BCUT2D eigenvalue weighted by Gasteiger charge is -2.21. The van der Waals surface area contributed by atoms with Gasteiger partial charge in [-0.2, -0.15) is 0 Å². The first kappa shape index (κ1) is 18.6. The third-order valence-corrected chi connectivity index (χ3v) is 4.84. The van der Waals surface area contributed by atoms with Gasteiger partial charge in [-0.15, -0.1) is 11.8 Å². The third kappa shape index (κ3) is 5.37. The quantitative estimate of drug-likeness (QED) is 0.619. The highest BCUT2D eigenvalue weighted by atomic mass is 32.2. The number of rotatable bonds is 7. The monoisotopic (exact) mass is 323 g/mol. The van der Waals surface area contributed by atoms with Crippen LogP contribution in [0.1, 0.15) is 31.4 Å². The van der Waals surface area contributed by atoms with Gasteiger partial charge in [0.1, 0.15) is 6.04 Å². The molecule has 2 atom stereocenters. The van der Waals surface area contributed by atoms with Crippen LogP contribution >= 0.6 is 11.8 Å². The Balaban J connectivity index is 2.64. The summed E-state index contributed by atoms with van der Waals surface area (Å²) in [5.74, 6) is -0.211. The topological polar surface area (TPSA) is 55.4 Å². The Hall–Kier alpha value is -1.49.